The number of allylic oxidation sites excluding steroid dienone is 1. The summed E-state index contributed by atoms with van der Waals surface area (Å²) in [5, 5.41) is 0. The van der Waals surface area contributed by atoms with Gasteiger partial charge in [-0.05, 0) is 86.9 Å². The van der Waals surface area contributed by atoms with Gasteiger partial charge < -0.3 is 0 Å². The van der Waals surface area contributed by atoms with Gasteiger partial charge in [0.1, 0.15) is 0 Å². The first kappa shape index (κ1) is 17.1. The molecular weight excluding hydrogens is 252 g/mol. The zero-order chi connectivity index (χ0) is 15.2. The highest BCUT2D eigenvalue weighted by atomic mass is 14.4. The first-order valence-electron chi connectivity index (χ1n) is 9.72. The van der Waals surface area contributed by atoms with E-state index in [1.54, 1.807) is 0 Å². The van der Waals surface area contributed by atoms with Crippen LogP contribution in [0.2, 0.25) is 0 Å². The standard InChI is InChI=1S/C21H38/c1-5-16(2)6-9-18(4)19-12-14-21(15-13-19)20-10-7-17(3)8-11-20/h5,16-21H,1,6-15H2,2-4H3. The summed E-state index contributed by atoms with van der Waals surface area (Å²) in [5.74, 6) is 5.81. The molecule has 0 bridgehead atoms. The molecular formula is C21H38. The van der Waals surface area contributed by atoms with E-state index in [0.717, 1.165) is 29.6 Å². The molecule has 2 aliphatic carbocycles. The third-order valence-electron chi connectivity index (χ3n) is 6.83. The highest BCUT2D eigenvalue weighted by Crippen LogP contribution is 2.43. The van der Waals surface area contributed by atoms with Crippen LogP contribution in [0, 0.1) is 35.5 Å². The number of hydrogen-bond acceptors (Lipinski definition) is 0. The van der Waals surface area contributed by atoms with Gasteiger partial charge in [-0.25, -0.2) is 0 Å². The molecule has 2 atom stereocenters. The third-order valence-corrected chi connectivity index (χ3v) is 6.83. The maximum absolute atomic E-state index is 3.92. The van der Waals surface area contributed by atoms with Crippen molar-refractivity contribution in [2.75, 3.05) is 0 Å². The molecule has 0 aromatic rings. The smallest absolute Gasteiger partial charge is 0.0265 e. The predicted octanol–water partition coefficient (Wildman–Crippen LogP) is 6.86. The van der Waals surface area contributed by atoms with Gasteiger partial charge in [0.2, 0.25) is 0 Å². The summed E-state index contributed by atoms with van der Waals surface area (Å²) >= 11 is 0. The molecule has 0 heterocycles. The van der Waals surface area contributed by atoms with Crippen molar-refractivity contribution in [2.45, 2.75) is 85.0 Å². The van der Waals surface area contributed by atoms with E-state index in [9.17, 15) is 0 Å². The van der Waals surface area contributed by atoms with Crippen molar-refractivity contribution in [2.24, 2.45) is 35.5 Å². The zero-order valence-corrected chi connectivity index (χ0v) is 14.8. The fraction of sp³-hybridized carbons (Fsp3) is 0.905. The van der Waals surface area contributed by atoms with Gasteiger partial charge >= 0.3 is 0 Å². The molecule has 2 fully saturated rings. The number of hydrogen-bond donors (Lipinski definition) is 0. The van der Waals surface area contributed by atoms with Gasteiger partial charge in [-0.2, -0.15) is 0 Å². The van der Waals surface area contributed by atoms with Gasteiger partial charge in [0.05, 0.1) is 0 Å². The second-order valence-corrected chi connectivity index (χ2v) is 8.46. The quantitative estimate of drug-likeness (QED) is 0.469. The molecule has 2 unspecified atom stereocenters. The largest absolute Gasteiger partial charge is 0.103 e. The van der Waals surface area contributed by atoms with Crippen molar-refractivity contribution in [3.8, 4) is 0 Å². The molecule has 122 valence electrons. The lowest BCUT2D eigenvalue weighted by atomic mass is 9.67. The van der Waals surface area contributed by atoms with Crippen molar-refractivity contribution in [1.29, 1.82) is 0 Å². The minimum atomic E-state index is 0.702. The van der Waals surface area contributed by atoms with Crippen LogP contribution >= 0.6 is 0 Å². The van der Waals surface area contributed by atoms with Crippen molar-refractivity contribution < 1.29 is 0 Å². The van der Waals surface area contributed by atoms with E-state index in [-0.39, 0.29) is 0 Å². The highest BCUT2D eigenvalue weighted by Gasteiger charge is 2.31. The van der Waals surface area contributed by atoms with E-state index in [1.807, 2.05) is 0 Å². The molecule has 0 saturated heterocycles. The Hall–Kier alpha value is -0.260. The van der Waals surface area contributed by atoms with Crippen LogP contribution in [0.25, 0.3) is 0 Å². The fourth-order valence-electron chi connectivity index (χ4n) is 4.82. The second kappa shape index (κ2) is 8.39. The van der Waals surface area contributed by atoms with Crippen LogP contribution in [-0.2, 0) is 0 Å². The van der Waals surface area contributed by atoms with Crippen molar-refractivity contribution >= 4 is 0 Å². The average molecular weight is 291 g/mol. The van der Waals surface area contributed by atoms with Crippen LogP contribution in [0.4, 0.5) is 0 Å². The monoisotopic (exact) mass is 290 g/mol. The normalized spacial score (nSPS) is 36.9. The van der Waals surface area contributed by atoms with Gasteiger partial charge in [-0.1, -0.05) is 39.7 Å². The molecule has 2 rings (SSSR count). The van der Waals surface area contributed by atoms with Gasteiger partial charge in [0, 0.05) is 0 Å². The Morgan fingerprint density at radius 1 is 0.857 bits per heavy atom. The molecule has 0 heteroatoms. The van der Waals surface area contributed by atoms with Crippen LogP contribution < -0.4 is 0 Å². The topological polar surface area (TPSA) is 0 Å². The van der Waals surface area contributed by atoms with Crippen molar-refractivity contribution in [3.63, 3.8) is 0 Å². The SMILES string of the molecule is C=CC(C)CCC(C)C1CCC(C2CCC(C)CC2)CC1. The zero-order valence-electron chi connectivity index (χ0n) is 14.8. The van der Waals surface area contributed by atoms with Gasteiger partial charge in [-0.15, -0.1) is 6.58 Å². The molecule has 0 spiro atoms. The Morgan fingerprint density at radius 2 is 1.38 bits per heavy atom. The highest BCUT2D eigenvalue weighted by molar-refractivity contribution is 4.83. The molecule has 21 heavy (non-hydrogen) atoms. The summed E-state index contributed by atoms with van der Waals surface area (Å²) in [6, 6.07) is 0. The van der Waals surface area contributed by atoms with Crippen LogP contribution in [0.15, 0.2) is 12.7 Å². The lowest BCUT2D eigenvalue weighted by Crippen LogP contribution is -2.27. The first-order valence-corrected chi connectivity index (χ1v) is 9.72. The van der Waals surface area contributed by atoms with E-state index >= 15 is 0 Å². The second-order valence-electron chi connectivity index (χ2n) is 8.46. The Kier molecular flexibility index (Phi) is 6.83. The summed E-state index contributed by atoms with van der Waals surface area (Å²) in [7, 11) is 0. The van der Waals surface area contributed by atoms with E-state index in [0.29, 0.717) is 5.92 Å². The van der Waals surface area contributed by atoms with Crippen molar-refractivity contribution in [3.05, 3.63) is 12.7 Å². The summed E-state index contributed by atoms with van der Waals surface area (Å²) in [6.07, 6.45) is 17.0. The van der Waals surface area contributed by atoms with Crippen LogP contribution in [0.1, 0.15) is 85.0 Å². The summed E-state index contributed by atoms with van der Waals surface area (Å²) in [5.41, 5.74) is 0. The Morgan fingerprint density at radius 3 is 1.90 bits per heavy atom. The van der Waals surface area contributed by atoms with E-state index in [1.165, 1.54) is 64.2 Å². The maximum atomic E-state index is 3.92. The minimum Gasteiger partial charge on any atom is -0.103 e. The first-order chi connectivity index (χ1) is 10.1. The molecule has 0 aliphatic heterocycles. The van der Waals surface area contributed by atoms with E-state index in [4.69, 9.17) is 0 Å². The molecule has 0 radical (unpaired) electrons. The Bertz CT molecular complexity index is 289. The summed E-state index contributed by atoms with van der Waals surface area (Å²) in [4.78, 5) is 0. The Labute approximate surface area is 133 Å². The summed E-state index contributed by atoms with van der Waals surface area (Å²) in [6.45, 7) is 11.2. The van der Waals surface area contributed by atoms with Crippen LogP contribution in [0.3, 0.4) is 0 Å². The van der Waals surface area contributed by atoms with Crippen LogP contribution in [-0.4, -0.2) is 0 Å². The fourth-order valence-corrected chi connectivity index (χ4v) is 4.82. The molecule has 0 nitrogen and oxygen atoms in total. The summed E-state index contributed by atoms with van der Waals surface area (Å²) < 4.78 is 0. The molecule has 0 N–H and O–H groups in total. The van der Waals surface area contributed by atoms with E-state index in [2.05, 4.69) is 33.4 Å². The van der Waals surface area contributed by atoms with Crippen LogP contribution in [0.5, 0.6) is 0 Å². The molecule has 0 amide bonds. The average Bonchev–Trinajstić information content (AvgIpc) is 2.53. The predicted molar refractivity (Wildman–Crippen MR) is 94.3 cm³/mol. The lowest BCUT2D eigenvalue weighted by Gasteiger charge is -2.39. The van der Waals surface area contributed by atoms with Crippen molar-refractivity contribution in [1.82, 2.24) is 0 Å². The Balaban J connectivity index is 1.69. The molecule has 0 aromatic carbocycles. The molecule has 2 aliphatic rings. The van der Waals surface area contributed by atoms with Gasteiger partial charge in [-0.3, -0.25) is 0 Å². The maximum Gasteiger partial charge on any atom is -0.0265 e. The third kappa shape index (κ3) is 5.15. The van der Waals surface area contributed by atoms with E-state index < -0.39 is 0 Å². The minimum absolute atomic E-state index is 0.702. The molecule has 2 saturated carbocycles. The lowest BCUT2D eigenvalue weighted by molar-refractivity contribution is 0.128. The van der Waals surface area contributed by atoms with Gasteiger partial charge in [0.25, 0.3) is 0 Å². The molecule has 0 aromatic heterocycles. The number of rotatable bonds is 6. The van der Waals surface area contributed by atoms with Gasteiger partial charge in [0.15, 0.2) is 0 Å².